The number of nitrogens with two attached hydrogens (primary N) is 1. The van der Waals surface area contributed by atoms with Crippen molar-refractivity contribution in [2.75, 3.05) is 5.73 Å². The lowest BCUT2D eigenvalue weighted by atomic mass is 9.98. The molecule has 0 radical (unpaired) electrons. The van der Waals surface area contributed by atoms with Crippen LogP contribution in [0.1, 0.15) is 11.1 Å². The van der Waals surface area contributed by atoms with Crippen LogP contribution in [0.25, 0.3) is 11.1 Å². The molecular formula is C14H12F3N. The summed E-state index contributed by atoms with van der Waals surface area (Å²) in [7, 11) is 0. The van der Waals surface area contributed by atoms with Crippen molar-refractivity contribution >= 4 is 5.69 Å². The molecule has 0 atom stereocenters. The highest BCUT2D eigenvalue weighted by molar-refractivity contribution is 5.71. The summed E-state index contributed by atoms with van der Waals surface area (Å²) >= 11 is 0. The summed E-state index contributed by atoms with van der Waals surface area (Å²) in [4.78, 5) is 0. The van der Waals surface area contributed by atoms with E-state index >= 15 is 0 Å². The summed E-state index contributed by atoms with van der Waals surface area (Å²) in [5.41, 5.74) is 7.69. The van der Waals surface area contributed by atoms with Gasteiger partial charge in [-0.2, -0.15) is 13.2 Å². The molecule has 0 heterocycles. The highest BCUT2D eigenvalue weighted by Gasteiger charge is 2.30. The van der Waals surface area contributed by atoms with Crippen LogP contribution in [0.3, 0.4) is 0 Å². The largest absolute Gasteiger partial charge is 0.416 e. The van der Waals surface area contributed by atoms with E-state index in [1.165, 1.54) is 6.07 Å². The fourth-order valence-electron chi connectivity index (χ4n) is 1.81. The van der Waals surface area contributed by atoms with Gasteiger partial charge in [0.05, 0.1) is 5.56 Å². The van der Waals surface area contributed by atoms with E-state index in [0.717, 1.165) is 23.3 Å². The van der Waals surface area contributed by atoms with Gasteiger partial charge in [0.2, 0.25) is 0 Å². The summed E-state index contributed by atoms with van der Waals surface area (Å²) < 4.78 is 37.9. The minimum atomic E-state index is -4.33. The van der Waals surface area contributed by atoms with Crippen LogP contribution < -0.4 is 5.73 Å². The predicted molar refractivity (Wildman–Crippen MR) is 66.0 cm³/mol. The summed E-state index contributed by atoms with van der Waals surface area (Å²) in [5.74, 6) is 0. The fourth-order valence-corrected chi connectivity index (χ4v) is 1.81. The Morgan fingerprint density at radius 3 is 2.39 bits per heavy atom. The highest BCUT2D eigenvalue weighted by atomic mass is 19.4. The van der Waals surface area contributed by atoms with Gasteiger partial charge in [-0.3, -0.25) is 0 Å². The first-order chi connectivity index (χ1) is 8.38. The van der Waals surface area contributed by atoms with Gasteiger partial charge >= 0.3 is 6.18 Å². The molecule has 2 aromatic carbocycles. The normalized spacial score (nSPS) is 11.6. The Labute approximate surface area is 103 Å². The minimum Gasteiger partial charge on any atom is -0.399 e. The Morgan fingerprint density at radius 1 is 1.00 bits per heavy atom. The molecule has 0 aliphatic rings. The standard InChI is InChI=1S/C14H12F3N/c1-9-5-6-12(18)8-13(9)10-3-2-4-11(7-10)14(15,16)17/h2-8H,18H2,1H3. The molecule has 1 nitrogen and oxygen atoms in total. The molecule has 0 aliphatic heterocycles. The Morgan fingerprint density at radius 2 is 1.72 bits per heavy atom. The maximum Gasteiger partial charge on any atom is 0.416 e. The van der Waals surface area contributed by atoms with Crippen LogP contribution in [0.15, 0.2) is 42.5 Å². The van der Waals surface area contributed by atoms with E-state index in [-0.39, 0.29) is 0 Å². The first-order valence-electron chi connectivity index (χ1n) is 5.42. The molecule has 0 aromatic heterocycles. The zero-order chi connectivity index (χ0) is 13.3. The van der Waals surface area contributed by atoms with Gasteiger partial charge in [-0.05, 0) is 47.9 Å². The average molecular weight is 251 g/mol. The maximum atomic E-state index is 12.6. The summed E-state index contributed by atoms with van der Waals surface area (Å²) in [5, 5.41) is 0. The average Bonchev–Trinajstić information content (AvgIpc) is 2.31. The Bertz CT molecular complexity index is 573. The smallest absolute Gasteiger partial charge is 0.399 e. The van der Waals surface area contributed by atoms with Crippen molar-refractivity contribution in [3.63, 3.8) is 0 Å². The van der Waals surface area contributed by atoms with Gasteiger partial charge in [0.25, 0.3) is 0 Å². The molecule has 2 rings (SSSR count). The van der Waals surface area contributed by atoms with E-state index in [2.05, 4.69) is 0 Å². The number of anilines is 1. The Kier molecular flexibility index (Phi) is 3.03. The molecule has 94 valence electrons. The molecule has 0 saturated carbocycles. The zero-order valence-electron chi connectivity index (χ0n) is 9.75. The van der Waals surface area contributed by atoms with E-state index in [9.17, 15) is 13.2 Å². The van der Waals surface area contributed by atoms with Crippen molar-refractivity contribution in [3.8, 4) is 11.1 Å². The molecular weight excluding hydrogens is 239 g/mol. The number of nitrogen functional groups attached to an aromatic ring is 1. The molecule has 0 amide bonds. The van der Waals surface area contributed by atoms with E-state index < -0.39 is 11.7 Å². The molecule has 4 heteroatoms. The van der Waals surface area contributed by atoms with Gasteiger partial charge in [-0.15, -0.1) is 0 Å². The minimum absolute atomic E-state index is 0.523. The molecule has 2 N–H and O–H groups in total. The number of rotatable bonds is 1. The summed E-state index contributed by atoms with van der Waals surface area (Å²) in [6.45, 7) is 1.84. The van der Waals surface area contributed by atoms with Gasteiger partial charge in [0, 0.05) is 5.69 Å². The van der Waals surface area contributed by atoms with Crippen LogP contribution in [-0.4, -0.2) is 0 Å². The lowest BCUT2D eigenvalue weighted by Crippen LogP contribution is -2.04. The van der Waals surface area contributed by atoms with Crippen LogP contribution in [0.5, 0.6) is 0 Å². The number of aryl methyl sites for hydroxylation is 1. The molecule has 18 heavy (non-hydrogen) atoms. The van der Waals surface area contributed by atoms with Crippen molar-refractivity contribution in [1.82, 2.24) is 0 Å². The van der Waals surface area contributed by atoms with Gasteiger partial charge in [0.15, 0.2) is 0 Å². The molecule has 0 spiro atoms. The van der Waals surface area contributed by atoms with Crippen molar-refractivity contribution in [3.05, 3.63) is 53.6 Å². The molecule has 2 aromatic rings. The zero-order valence-corrected chi connectivity index (χ0v) is 9.75. The summed E-state index contributed by atoms with van der Waals surface area (Å²) in [6.07, 6.45) is -4.33. The third kappa shape index (κ3) is 2.47. The Balaban J connectivity index is 2.55. The predicted octanol–water partition coefficient (Wildman–Crippen LogP) is 4.26. The lowest BCUT2D eigenvalue weighted by Gasteiger charge is -2.11. The molecule has 0 fully saturated rings. The van der Waals surface area contributed by atoms with Gasteiger partial charge in [0.1, 0.15) is 0 Å². The molecule has 0 saturated heterocycles. The van der Waals surface area contributed by atoms with E-state index in [4.69, 9.17) is 5.73 Å². The quantitative estimate of drug-likeness (QED) is 0.753. The second-order valence-electron chi connectivity index (χ2n) is 4.15. The SMILES string of the molecule is Cc1ccc(N)cc1-c1cccc(C(F)(F)F)c1. The number of benzene rings is 2. The van der Waals surface area contributed by atoms with Crippen LogP contribution in [0.4, 0.5) is 18.9 Å². The second kappa shape index (κ2) is 4.37. The topological polar surface area (TPSA) is 26.0 Å². The highest BCUT2D eigenvalue weighted by Crippen LogP contribution is 2.33. The second-order valence-corrected chi connectivity index (χ2v) is 4.15. The molecule has 0 aliphatic carbocycles. The summed E-state index contributed by atoms with van der Waals surface area (Å²) in [6, 6.07) is 10.5. The van der Waals surface area contributed by atoms with Crippen molar-refractivity contribution < 1.29 is 13.2 Å². The van der Waals surface area contributed by atoms with Crippen molar-refractivity contribution in [2.24, 2.45) is 0 Å². The Hall–Kier alpha value is -1.97. The van der Waals surface area contributed by atoms with Gasteiger partial charge in [-0.1, -0.05) is 18.2 Å². The lowest BCUT2D eigenvalue weighted by molar-refractivity contribution is -0.137. The third-order valence-corrected chi connectivity index (χ3v) is 2.76. The van der Waals surface area contributed by atoms with Crippen LogP contribution >= 0.6 is 0 Å². The van der Waals surface area contributed by atoms with E-state index in [1.807, 2.05) is 6.92 Å². The number of alkyl halides is 3. The van der Waals surface area contributed by atoms with E-state index in [0.29, 0.717) is 11.3 Å². The monoisotopic (exact) mass is 251 g/mol. The van der Waals surface area contributed by atoms with E-state index in [1.54, 1.807) is 24.3 Å². The van der Waals surface area contributed by atoms with Crippen LogP contribution in [0.2, 0.25) is 0 Å². The third-order valence-electron chi connectivity index (χ3n) is 2.76. The van der Waals surface area contributed by atoms with Gasteiger partial charge < -0.3 is 5.73 Å². The number of hydrogen-bond donors (Lipinski definition) is 1. The maximum absolute atomic E-state index is 12.6. The molecule has 0 unspecified atom stereocenters. The number of hydrogen-bond acceptors (Lipinski definition) is 1. The van der Waals surface area contributed by atoms with Crippen LogP contribution in [-0.2, 0) is 6.18 Å². The van der Waals surface area contributed by atoms with Crippen LogP contribution in [0, 0.1) is 6.92 Å². The van der Waals surface area contributed by atoms with Gasteiger partial charge in [-0.25, -0.2) is 0 Å². The van der Waals surface area contributed by atoms with Crippen molar-refractivity contribution in [1.29, 1.82) is 0 Å². The fraction of sp³-hybridized carbons (Fsp3) is 0.143. The van der Waals surface area contributed by atoms with Crippen molar-refractivity contribution in [2.45, 2.75) is 13.1 Å². The number of halogens is 3. The molecule has 0 bridgehead atoms. The first-order valence-corrected chi connectivity index (χ1v) is 5.42. The first kappa shape index (κ1) is 12.5.